The van der Waals surface area contributed by atoms with Crippen molar-refractivity contribution in [3.63, 3.8) is 0 Å². The molecule has 2 heterocycles. The van der Waals surface area contributed by atoms with E-state index in [1.807, 2.05) is 36.9 Å². The molecule has 1 aliphatic heterocycles. The van der Waals surface area contributed by atoms with Crippen LogP contribution in [0.5, 0.6) is 0 Å². The van der Waals surface area contributed by atoms with Gasteiger partial charge in [-0.1, -0.05) is 19.9 Å². The average molecular weight is 274 g/mol. The lowest BCUT2D eigenvalue weighted by atomic mass is 10.1. The Bertz CT molecular complexity index is 475. The normalized spacial score (nSPS) is 28.4. The van der Waals surface area contributed by atoms with E-state index in [2.05, 4.69) is 4.98 Å². The Labute approximate surface area is 120 Å². The third-order valence-corrected chi connectivity index (χ3v) is 4.44. The van der Waals surface area contributed by atoms with Gasteiger partial charge >= 0.3 is 0 Å². The molecule has 2 aliphatic rings. The van der Waals surface area contributed by atoms with Crippen LogP contribution in [0.1, 0.15) is 32.4 Å². The van der Waals surface area contributed by atoms with E-state index in [1.165, 1.54) is 6.42 Å². The molecule has 20 heavy (non-hydrogen) atoms. The predicted octanol–water partition coefficient (Wildman–Crippen LogP) is 2.24. The molecule has 0 spiro atoms. The van der Waals surface area contributed by atoms with Crippen LogP contribution in [0, 0.1) is 11.8 Å². The van der Waals surface area contributed by atoms with E-state index >= 15 is 0 Å². The van der Waals surface area contributed by atoms with Gasteiger partial charge in [0.15, 0.2) is 0 Å². The highest BCUT2D eigenvalue weighted by Crippen LogP contribution is 2.40. The molecular weight excluding hydrogens is 252 g/mol. The summed E-state index contributed by atoms with van der Waals surface area (Å²) in [5.41, 5.74) is 0.959. The smallest absolute Gasteiger partial charge is 0.225 e. The molecule has 4 nitrogen and oxygen atoms in total. The van der Waals surface area contributed by atoms with Crippen molar-refractivity contribution in [1.29, 1.82) is 0 Å². The first-order valence-corrected chi connectivity index (χ1v) is 7.49. The van der Waals surface area contributed by atoms with Crippen molar-refractivity contribution in [1.82, 2.24) is 9.88 Å². The lowest BCUT2D eigenvalue weighted by Crippen LogP contribution is -2.42. The van der Waals surface area contributed by atoms with Gasteiger partial charge in [0.1, 0.15) is 0 Å². The first kappa shape index (κ1) is 13.6. The summed E-state index contributed by atoms with van der Waals surface area (Å²) in [6.07, 6.45) is 4.24. The van der Waals surface area contributed by atoms with Crippen LogP contribution in [0.2, 0.25) is 0 Å². The predicted molar refractivity (Wildman–Crippen MR) is 75.9 cm³/mol. The monoisotopic (exact) mass is 274 g/mol. The Morgan fingerprint density at radius 3 is 3.00 bits per heavy atom. The number of piperidine rings is 1. The van der Waals surface area contributed by atoms with Crippen molar-refractivity contribution in [3.05, 3.63) is 30.1 Å². The van der Waals surface area contributed by atoms with E-state index in [0.29, 0.717) is 12.5 Å². The summed E-state index contributed by atoms with van der Waals surface area (Å²) in [5, 5.41) is 0. The number of carbonyl (C=O) groups is 1. The zero-order valence-corrected chi connectivity index (χ0v) is 12.2. The number of likely N-dealkylation sites (tertiary alicyclic amines) is 1. The molecule has 0 N–H and O–H groups in total. The lowest BCUT2D eigenvalue weighted by molar-refractivity contribution is -0.137. The number of nitrogens with zero attached hydrogens (tertiary/aromatic N) is 2. The first-order chi connectivity index (χ1) is 9.66. The molecule has 0 radical (unpaired) electrons. The van der Waals surface area contributed by atoms with Gasteiger partial charge in [-0.25, -0.2) is 0 Å². The molecule has 3 rings (SSSR count). The van der Waals surface area contributed by atoms with Gasteiger partial charge in [0, 0.05) is 24.6 Å². The van der Waals surface area contributed by atoms with Crippen molar-refractivity contribution in [2.45, 2.75) is 45.4 Å². The third kappa shape index (κ3) is 2.44. The minimum Gasteiger partial charge on any atom is -0.369 e. The van der Waals surface area contributed by atoms with Gasteiger partial charge in [0.05, 0.1) is 24.4 Å². The van der Waals surface area contributed by atoms with Crippen LogP contribution in [0.3, 0.4) is 0 Å². The van der Waals surface area contributed by atoms with Crippen molar-refractivity contribution >= 4 is 5.91 Å². The molecule has 1 saturated heterocycles. The molecule has 1 saturated carbocycles. The first-order valence-electron chi connectivity index (χ1n) is 7.49. The van der Waals surface area contributed by atoms with Crippen molar-refractivity contribution < 1.29 is 9.53 Å². The lowest BCUT2D eigenvalue weighted by Gasteiger charge is -2.28. The Hall–Kier alpha value is -1.42. The maximum atomic E-state index is 12.2. The molecule has 3 unspecified atom stereocenters. The minimum atomic E-state index is 0.0748. The average Bonchev–Trinajstić information content (AvgIpc) is 3.02. The van der Waals surface area contributed by atoms with E-state index in [9.17, 15) is 4.79 Å². The summed E-state index contributed by atoms with van der Waals surface area (Å²) < 4.78 is 6.08. The number of ether oxygens (including phenoxy) is 1. The molecule has 108 valence electrons. The van der Waals surface area contributed by atoms with Crippen molar-refractivity contribution in [2.75, 3.05) is 6.54 Å². The number of carbonyl (C=O) groups excluding carboxylic acids is 1. The minimum absolute atomic E-state index is 0.0748. The number of rotatable bonds is 4. The van der Waals surface area contributed by atoms with Crippen LogP contribution >= 0.6 is 0 Å². The highest BCUT2D eigenvalue weighted by Gasteiger charge is 2.49. The second-order valence-electron chi connectivity index (χ2n) is 6.15. The van der Waals surface area contributed by atoms with E-state index in [4.69, 9.17) is 4.74 Å². The number of amides is 1. The van der Waals surface area contributed by atoms with Crippen LogP contribution in [0.25, 0.3) is 0 Å². The van der Waals surface area contributed by atoms with E-state index in [1.54, 1.807) is 6.20 Å². The van der Waals surface area contributed by atoms with Crippen LogP contribution in [-0.4, -0.2) is 34.5 Å². The standard InChI is InChI=1S/C16H22N2O2/c1-11(2)16(19)18-9-12-6-7-14(18)15(12)20-10-13-5-3-4-8-17-13/h3-5,8,11-12,14-15H,6-7,9-10H2,1-2H3. The third-order valence-electron chi connectivity index (χ3n) is 4.44. The van der Waals surface area contributed by atoms with Gasteiger partial charge in [-0.15, -0.1) is 0 Å². The highest BCUT2D eigenvalue weighted by molar-refractivity contribution is 5.79. The topological polar surface area (TPSA) is 42.4 Å². The summed E-state index contributed by atoms with van der Waals surface area (Å²) in [5.74, 6) is 0.848. The zero-order chi connectivity index (χ0) is 14.1. The molecule has 1 amide bonds. The number of fused-ring (bicyclic) bond motifs is 2. The maximum absolute atomic E-state index is 12.2. The number of hydrogen-bond donors (Lipinski definition) is 0. The van der Waals surface area contributed by atoms with Crippen LogP contribution < -0.4 is 0 Å². The fraction of sp³-hybridized carbons (Fsp3) is 0.625. The molecule has 2 fully saturated rings. The second kappa shape index (κ2) is 5.52. The summed E-state index contributed by atoms with van der Waals surface area (Å²) in [7, 11) is 0. The Balaban J connectivity index is 1.63. The van der Waals surface area contributed by atoms with Gasteiger partial charge in [-0.05, 0) is 25.0 Å². The van der Waals surface area contributed by atoms with E-state index in [0.717, 1.165) is 18.7 Å². The Kier molecular flexibility index (Phi) is 3.74. The van der Waals surface area contributed by atoms with Crippen molar-refractivity contribution in [3.8, 4) is 0 Å². The summed E-state index contributed by atoms with van der Waals surface area (Å²) >= 11 is 0. The number of pyridine rings is 1. The quantitative estimate of drug-likeness (QED) is 0.845. The largest absolute Gasteiger partial charge is 0.369 e. The maximum Gasteiger partial charge on any atom is 0.225 e. The van der Waals surface area contributed by atoms with Gasteiger partial charge in [-0.2, -0.15) is 0 Å². The molecule has 0 aromatic carbocycles. The summed E-state index contributed by atoms with van der Waals surface area (Å²) in [6, 6.07) is 6.14. The van der Waals surface area contributed by atoms with Crippen LogP contribution in [0.15, 0.2) is 24.4 Å². The Morgan fingerprint density at radius 2 is 2.30 bits per heavy atom. The fourth-order valence-electron chi connectivity index (χ4n) is 3.44. The summed E-state index contributed by atoms with van der Waals surface area (Å²) in [4.78, 5) is 18.5. The van der Waals surface area contributed by atoms with Gasteiger partial charge < -0.3 is 9.64 Å². The van der Waals surface area contributed by atoms with Crippen molar-refractivity contribution in [2.24, 2.45) is 11.8 Å². The fourth-order valence-corrected chi connectivity index (χ4v) is 3.44. The summed E-state index contributed by atoms with van der Waals surface area (Å²) in [6.45, 7) is 5.35. The van der Waals surface area contributed by atoms with E-state index < -0.39 is 0 Å². The molecule has 3 atom stereocenters. The molecule has 4 heteroatoms. The van der Waals surface area contributed by atoms with Crippen LogP contribution in [0.4, 0.5) is 0 Å². The van der Waals surface area contributed by atoms with Gasteiger partial charge in [0.25, 0.3) is 0 Å². The second-order valence-corrected chi connectivity index (χ2v) is 6.15. The molecule has 1 aliphatic carbocycles. The highest BCUT2D eigenvalue weighted by atomic mass is 16.5. The van der Waals surface area contributed by atoms with E-state index in [-0.39, 0.29) is 24.0 Å². The molecular formula is C16H22N2O2. The number of aromatic nitrogens is 1. The zero-order valence-electron chi connectivity index (χ0n) is 12.2. The molecule has 1 aromatic heterocycles. The van der Waals surface area contributed by atoms with Gasteiger partial charge in [0.2, 0.25) is 5.91 Å². The number of hydrogen-bond acceptors (Lipinski definition) is 3. The van der Waals surface area contributed by atoms with Crippen LogP contribution in [-0.2, 0) is 16.1 Å². The molecule has 2 bridgehead atoms. The Morgan fingerprint density at radius 1 is 1.45 bits per heavy atom. The van der Waals surface area contributed by atoms with Gasteiger partial charge in [-0.3, -0.25) is 9.78 Å². The SMILES string of the molecule is CC(C)C(=O)N1CC2CCC1C2OCc1ccccn1. The molecule has 1 aromatic rings.